The van der Waals surface area contributed by atoms with Crippen molar-refractivity contribution in [2.24, 2.45) is 4.99 Å². The Hall–Kier alpha value is -3.68. The maximum Gasteiger partial charge on any atom is 0.253 e. The van der Waals surface area contributed by atoms with Crippen LogP contribution in [-0.2, 0) is 13.0 Å². The number of hydrogen-bond acceptors (Lipinski definition) is 3. The van der Waals surface area contributed by atoms with E-state index < -0.39 is 0 Å². The molecule has 162 valence electrons. The van der Waals surface area contributed by atoms with Crippen molar-refractivity contribution in [2.45, 2.75) is 13.0 Å². The van der Waals surface area contributed by atoms with Crippen LogP contribution in [0.15, 0.2) is 65.8 Å². The van der Waals surface area contributed by atoms with Crippen LogP contribution in [0.5, 0.6) is 0 Å². The summed E-state index contributed by atoms with van der Waals surface area (Å²) in [6, 6.07) is 15.7. The highest BCUT2D eigenvalue weighted by Gasteiger charge is 2.07. The van der Waals surface area contributed by atoms with Crippen LogP contribution in [-0.4, -0.2) is 54.2 Å². The third-order valence-electron chi connectivity index (χ3n) is 4.70. The lowest BCUT2D eigenvalue weighted by molar-refractivity contribution is 0.0827. The molecule has 0 aliphatic rings. The molecule has 0 spiro atoms. The summed E-state index contributed by atoms with van der Waals surface area (Å²) in [5.74, 6) is 0.405. The van der Waals surface area contributed by atoms with Crippen LogP contribution in [0.2, 0.25) is 0 Å². The topological polar surface area (TPSA) is 74.5 Å². The van der Waals surface area contributed by atoms with Crippen molar-refractivity contribution in [3.8, 4) is 5.69 Å². The maximum absolute atomic E-state index is 13.1. The van der Waals surface area contributed by atoms with E-state index in [1.165, 1.54) is 12.1 Å². The molecule has 8 heteroatoms. The van der Waals surface area contributed by atoms with Gasteiger partial charge in [-0.2, -0.15) is 5.10 Å². The summed E-state index contributed by atoms with van der Waals surface area (Å²) in [4.78, 5) is 17.8. The van der Waals surface area contributed by atoms with Crippen molar-refractivity contribution < 1.29 is 9.18 Å². The predicted molar refractivity (Wildman–Crippen MR) is 120 cm³/mol. The Morgan fingerprint density at radius 2 is 1.77 bits per heavy atom. The highest BCUT2D eigenvalue weighted by Crippen LogP contribution is 2.09. The number of halogens is 1. The van der Waals surface area contributed by atoms with Gasteiger partial charge >= 0.3 is 0 Å². The Kier molecular flexibility index (Phi) is 7.37. The van der Waals surface area contributed by atoms with E-state index in [4.69, 9.17) is 0 Å². The van der Waals surface area contributed by atoms with Gasteiger partial charge in [0.2, 0.25) is 0 Å². The molecule has 0 fully saturated rings. The van der Waals surface area contributed by atoms with Crippen LogP contribution >= 0.6 is 0 Å². The number of aliphatic imine (C=N–C) groups is 1. The number of rotatable bonds is 7. The summed E-state index contributed by atoms with van der Waals surface area (Å²) >= 11 is 0. The van der Waals surface area contributed by atoms with Crippen molar-refractivity contribution in [3.63, 3.8) is 0 Å². The van der Waals surface area contributed by atoms with E-state index >= 15 is 0 Å². The Balaban J connectivity index is 1.46. The normalized spacial score (nSPS) is 11.3. The monoisotopic (exact) mass is 422 g/mol. The van der Waals surface area contributed by atoms with Crippen molar-refractivity contribution in [2.75, 3.05) is 27.7 Å². The van der Waals surface area contributed by atoms with Gasteiger partial charge < -0.3 is 15.5 Å². The molecule has 0 bridgehead atoms. The van der Waals surface area contributed by atoms with Gasteiger partial charge in [0, 0.05) is 52.4 Å². The molecule has 7 nitrogen and oxygen atoms in total. The molecular weight excluding hydrogens is 395 g/mol. The zero-order valence-electron chi connectivity index (χ0n) is 18.0. The Morgan fingerprint density at radius 1 is 1.06 bits per heavy atom. The number of nitrogens with one attached hydrogen (secondary N) is 2. The minimum atomic E-state index is -0.266. The Labute approximate surface area is 181 Å². The standard InChI is InChI=1S/C23H27FN6O/c1-25-23(27-16-17-4-6-18(7-5-17)22(31)29(2)3)26-14-12-20-13-15-30(28-20)21-10-8-19(24)9-11-21/h4-11,13,15H,12,14,16H2,1-3H3,(H2,25,26,27). The van der Waals surface area contributed by atoms with Gasteiger partial charge in [-0.3, -0.25) is 9.79 Å². The first-order valence-corrected chi connectivity index (χ1v) is 10.0. The average Bonchev–Trinajstić information content (AvgIpc) is 3.25. The summed E-state index contributed by atoms with van der Waals surface area (Å²) in [5, 5.41) is 11.1. The molecule has 0 aliphatic carbocycles. The molecular formula is C23H27FN6O. The van der Waals surface area contributed by atoms with E-state index in [-0.39, 0.29) is 11.7 Å². The minimum Gasteiger partial charge on any atom is -0.356 e. The number of hydrogen-bond donors (Lipinski definition) is 2. The second kappa shape index (κ2) is 10.4. The third-order valence-corrected chi connectivity index (χ3v) is 4.70. The zero-order chi connectivity index (χ0) is 22.2. The summed E-state index contributed by atoms with van der Waals surface area (Å²) in [6.07, 6.45) is 2.58. The highest BCUT2D eigenvalue weighted by molar-refractivity contribution is 5.93. The molecule has 0 atom stereocenters. The van der Waals surface area contributed by atoms with E-state index in [2.05, 4.69) is 20.7 Å². The zero-order valence-corrected chi connectivity index (χ0v) is 18.0. The number of guanidine groups is 1. The number of amides is 1. The fraction of sp³-hybridized carbons (Fsp3) is 0.261. The summed E-state index contributed by atoms with van der Waals surface area (Å²) in [7, 11) is 5.19. The van der Waals surface area contributed by atoms with Gasteiger partial charge in [0.25, 0.3) is 5.91 Å². The Morgan fingerprint density at radius 3 is 2.42 bits per heavy atom. The van der Waals surface area contributed by atoms with E-state index in [0.717, 1.165) is 23.4 Å². The second-order valence-corrected chi connectivity index (χ2v) is 7.23. The average molecular weight is 423 g/mol. The van der Waals surface area contributed by atoms with Gasteiger partial charge in [0.05, 0.1) is 11.4 Å². The number of carbonyl (C=O) groups is 1. The van der Waals surface area contributed by atoms with E-state index in [1.54, 1.807) is 42.9 Å². The Bertz CT molecular complexity index is 1020. The van der Waals surface area contributed by atoms with Gasteiger partial charge in [0.1, 0.15) is 5.82 Å². The van der Waals surface area contributed by atoms with Crippen molar-refractivity contribution in [3.05, 3.63) is 83.4 Å². The SMILES string of the molecule is CN=C(NCCc1ccn(-c2ccc(F)cc2)n1)NCc1ccc(C(=O)N(C)C)cc1. The molecule has 2 N–H and O–H groups in total. The molecule has 1 heterocycles. The molecule has 0 saturated heterocycles. The van der Waals surface area contributed by atoms with Gasteiger partial charge in [0.15, 0.2) is 5.96 Å². The fourth-order valence-corrected chi connectivity index (χ4v) is 2.97. The highest BCUT2D eigenvalue weighted by atomic mass is 19.1. The molecule has 31 heavy (non-hydrogen) atoms. The first-order valence-electron chi connectivity index (χ1n) is 10.0. The number of nitrogens with zero attached hydrogens (tertiary/aromatic N) is 4. The summed E-state index contributed by atoms with van der Waals surface area (Å²) < 4.78 is 14.8. The van der Waals surface area contributed by atoms with Crippen LogP contribution in [0.4, 0.5) is 4.39 Å². The number of benzene rings is 2. The molecule has 2 aromatic carbocycles. The van der Waals surface area contributed by atoms with E-state index in [0.29, 0.717) is 24.6 Å². The predicted octanol–water partition coefficient (Wildman–Crippen LogP) is 2.62. The van der Waals surface area contributed by atoms with Crippen molar-refractivity contribution in [1.29, 1.82) is 0 Å². The molecule has 1 amide bonds. The first-order chi connectivity index (χ1) is 15.0. The number of carbonyl (C=O) groups excluding carboxylic acids is 1. The fourth-order valence-electron chi connectivity index (χ4n) is 2.97. The summed E-state index contributed by atoms with van der Waals surface area (Å²) in [5.41, 5.74) is 3.46. The van der Waals surface area contributed by atoms with Crippen LogP contribution in [0, 0.1) is 5.82 Å². The quantitative estimate of drug-likeness (QED) is 0.453. The van der Waals surface area contributed by atoms with E-state index in [1.807, 2.05) is 36.5 Å². The van der Waals surface area contributed by atoms with Crippen LogP contribution in [0.3, 0.4) is 0 Å². The molecule has 1 aromatic heterocycles. The smallest absolute Gasteiger partial charge is 0.253 e. The minimum absolute atomic E-state index is 0.0149. The lowest BCUT2D eigenvalue weighted by Crippen LogP contribution is -2.37. The first kappa shape index (κ1) is 22.0. The molecule has 0 unspecified atom stereocenters. The van der Waals surface area contributed by atoms with E-state index in [9.17, 15) is 9.18 Å². The molecule has 0 saturated carbocycles. The van der Waals surface area contributed by atoms with Gasteiger partial charge in [-0.05, 0) is 48.0 Å². The van der Waals surface area contributed by atoms with Crippen LogP contribution < -0.4 is 10.6 Å². The van der Waals surface area contributed by atoms with Crippen LogP contribution in [0.25, 0.3) is 5.69 Å². The largest absolute Gasteiger partial charge is 0.356 e. The van der Waals surface area contributed by atoms with Crippen molar-refractivity contribution in [1.82, 2.24) is 25.3 Å². The lowest BCUT2D eigenvalue weighted by Gasteiger charge is -2.13. The molecule has 3 rings (SSSR count). The summed E-state index contributed by atoms with van der Waals surface area (Å²) in [6.45, 7) is 1.26. The molecule has 3 aromatic rings. The van der Waals surface area contributed by atoms with Crippen LogP contribution in [0.1, 0.15) is 21.6 Å². The lowest BCUT2D eigenvalue weighted by atomic mass is 10.1. The van der Waals surface area contributed by atoms with Gasteiger partial charge in [-0.25, -0.2) is 9.07 Å². The molecule has 0 radical (unpaired) electrons. The molecule has 0 aliphatic heterocycles. The van der Waals surface area contributed by atoms with Crippen molar-refractivity contribution >= 4 is 11.9 Å². The second-order valence-electron chi connectivity index (χ2n) is 7.23. The maximum atomic E-state index is 13.1. The van der Waals surface area contributed by atoms with Gasteiger partial charge in [-0.1, -0.05) is 12.1 Å². The third kappa shape index (κ3) is 6.15. The number of aromatic nitrogens is 2. The van der Waals surface area contributed by atoms with Gasteiger partial charge in [-0.15, -0.1) is 0 Å².